The van der Waals surface area contributed by atoms with Crippen LogP contribution in [0, 0.1) is 17.6 Å². The molecule has 2 aromatic rings. The summed E-state index contributed by atoms with van der Waals surface area (Å²) in [6.45, 7) is -0.353. The summed E-state index contributed by atoms with van der Waals surface area (Å²) in [5.74, 6) is -2.15. The van der Waals surface area contributed by atoms with Crippen molar-refractivity contribution < 1.29 is 26.4 Å². The van der Waals surface area contributed by atoms with E-state index < -0.39 is 27.3 Å². The van der Waals surface area contributed by atoms with Crippen LogP contribution in [0.3, 0.4) is 0 Å². The Morgan fingerprint density at radius 2 is 1.84 bits per heavy atom. The van der Waals surface area contributed by atoms with Crippen LogP contribution in [0.25, 0.3) is 11.1 Å². The number of benzene rings is 2. The van der Waals surface area contributed by atoms with Gasteiger partial charge < -0.3 is 4.90 Å². The topological polar surface area (TPSA) is 66.5 Å². The van der Waals surface area contributed by atoms with Gasteiger partial charge in [-0.2, -0.15) is 0 Å². The zero-order valence-electron chi connectivity index (χ0n) is 16.9. The lowest BCUT2D eigenvalue weighted by Crippen LogP contribution is -2.42. The number of nitrogens with zero attached hydrogens (tertiary/aromatic N) is 1. The molecule has 9 heteroatoms. The highest BCUT2D eigenvalue weighted by Gasteiger charge is 2.50. The summed E-state index contributed by atoms with van der Waals surface area (Å²) in [6.07, 6.45) is 1.53. The zero-order valence-corrected chi connectivity index (χ0v) is 17.8. The molecular formula is C22H23F3N2O3S. The van der Waals surface area contributed by atoms with Crippen LogP contribution in [0.15, 0.2) is 42.5 Å². The Kier molecular flexibility index (Phi) is 5.59. The number of nitrogens with one attached hydrogen (secondary N) is 1. The van der Waals surface area contributed by atoms with Crippen molar-refractivity contribution in [3.05, 3.63) is 59.7 Å². The molecule has 1 aliphatic heterocycles. The molecule has 0 unspecified atom stereocenters. The summed E-state index contributed by atoms with van der Waals surface area (Å²) in [5.41, 5.74) is -0.824. The standard InChI is InChI=1S/C22H23F3N2O3S/c1-31(29,30)26-12-22(25)9-10-27(13-22)21(28)17-11-16(17)14-5-2-3-6-15(14)20-18(23)7-4-8-19(20)24/h2-8,16-17,26H,9-13H2,1H3/t16-,17+,22-/m0/s1. The molecule has 1 N–H and O–H groups in total. The van der Waals surface area contributed by atoms with Crippen molar-refractivity contribution in [3.8, 4) is 11.1 Å². The Balaban J connectivity index is 1.49. The maximum atomic E-state index is 14.9. The number of hydrogen-bond donors (Lipinski definition) is 1. The number of halogens is 3. The molecule has 1 amide bonds. The van der Waals surface area contributed by atoms with Gasteiger partial charge in [-0.3, -0.25) is 4.79 Å². The van der Waals surface area contributed by atoms with Crippen molar-refractivity contribution >= 4 is 15.9 Å². The average Bonchev–Trinajstić information content (AvgIpc) is 3.40. The van der Waals surface area contributed by atoms with Crippen molar-refractivity contribution in [2.24, 2.45) is 5.92 Å². The first-order chi connectivity index (χ1) is 14.6. The predicted octanol–water partition coefficient (Wildman–Crippen LogP) is 3.23. The number of amides is 1. The van der Waals surface area contributed by atoms with Gasteiger partial charge in [0.15, 0.2) is 0 Å². The summed E-state index contributed by atoms with van der Waals surface area (Å²) in [5, 5.41) is 0. The normalized spacial score (nSPS) is 25.6. The molecule has 0 aromatic heterocycles. The number of rotatable bonds is 6. The van der Waals surface area contributed by atoms with Crippen molar-refractivity contribution in [1.82, 2.24) is 9.62 Å². The van der Waals surface area contributed by atoms with Crippen LogP contribution in [0.1, 0.15) is 24.3 Å². The monoisotopic (exact) mass is 452 g/mol. The van der Waals surface area contributed by atoms with E-state index in [0.717, 1.165) is 6.26 Å². The molecule has 3 atom stereocenters. The Morgan fingerprint density at radius 1 is 1.16 bits per heavy atom. The van der Waals surface area contributed by atoms with Gasteiger partial charge >= 0.3 is 0 Å². The van der Waals surface area contributed by atoms with E-state index in [4.69, 9.17) is 0 Å². The highest BCUT2D eigenvalue weighted by atomic mass is 32.2. The smallest absolute Gasteiger partial charge is 0.226 e. The fraction of sp³-hybridized carbons (Fsp3) is 0.409. The summed E-state index contributed by atoms with van der Waals surface area (Å²) in [4.78, 5) is 14.4. The second-order valence-electron chi connectivity index (χ2n) is 8.39. The van der Waals surface area contributed by atoms with E-state index >= 15 is 0 Å². The third kappa shape index (κ3) is 4.62. The lowest BCUT2D eigenvalue weighted by atomic mass is 9.95. The molecule has 1 aliphatic carbocycles. The van der Waals surface area contributed by atoms with E-state index in [1.807, 2.05) is 0 Å². The molecule has 0 bridgehead atoms. The van der Waals surface area contributed by atoms with Crippen molar-refractivity contribution in [3.63, 3.8) is 0 Å². The Hall–Kier alpha value is -2.39. The molecule has 2 aliphatic rings. The lowest BCUT2D eigenvalue weighted by molar-refractivity contribution is -0.132. The van der Waals surface area contributed by atoms with Crippen LogP contribution in [-0.2, 0) is 14.8 Å². The maximum Gasteiger partial charge on any atom is 0.226 e. The molecule has 1 saturated carbocycles. The van der Waals surface area contributed by atoms with Crippen LogP contribution in [0.5, 0.6) is 0 Å². The molecule has 2 fully saturated rings. The molecule has 2 aromatic carbocycles. The third-order valence-electron chi connectivity index (χ3n) is 5.97. The van der Waals surface area contributed by atoms with Crippen LogP contribution in [0.4, 0.5) is 13.2 Å². The van der Waals surface area contributed by atoms with E-state index in [9.17, 15) is 26.4 Å². The van der Waals surface area contributed by atoms with Gasteiger partial charge in [0.2, 0.25) is 15.9 Å². The third-order valence-corrected chi connectivity index (χ3v) is 6.64. The first-order valence-electron chi connectivity index (χ1n) is 10.0. The minimum absolute atomic E-state index is 0.0513. The molecule has 4 rings (SSSR count). The molecule has 166 valence electrons. The van der Waals surface area contributed by atoms with Gasteiger partial charge in [0.1, 0.15) is 17.3 Å². The number of sulfonamides is 1. The Bertz CT molecular complexity index is 1100. The van der Waals surface area contributed by atoms with E-state index in [0.29, 0.717) is 17.5 Å². The van der Waals surface area contributed by atoms with Crippen molar-refractivity contribution in [2.75, 3.05) is 25.9 Å². The fourth-order valence-corrected chi connectivity index (χ4v) is 4.80. The van der Waals surface area contributed by atoms with Crippen molar-refractivity contribution in [1.29, 1.82) is 0 Å². The summed E-state index contributed by atoms with van der Waals surface area (Å²) in [7, 11) is -3.53. The average molecular weight is 452 g/mol. The zero-order chi connectivity index (χ0) is 22.4. The maximum absolute atomic E-state index is 14.9. The number of alkyl halides is 1. The van der Waals surface area contributed by atoms with Crippen molar-refractivity contribution in [2.45, 2.75) is 24.4 Å². The van der Waals surface area contributed by atoms with Crippen LogP contribution in [-0.4, -0.2) is 50.8 Å². The Morgan fingerprint density at radius 3 is 2.52 bits per heavy atom. The predicted molar refractivity (Wildman–Crippen MR) is 111 cm³/mol. The van der Waals surface area contributed by atoms with Gasteiger partial charge in [-0.25, -0.2) is 26.3 Å². The molecule has 0 spiro atoms. The largest absolute Gasteiger partial charge is 0.339 e. The van der Waals surface area contributed by atoms with E-state index in [-0.39, 0.29) is 49.4 Å². The second-order valence-corrected chi connectivity index (χ2v) is 10.2. The molecule has 31 heavy (non-hydrogen) atoms. The highest BCUT2D eigenvalue weighted by Crippen LogP contribution is 2.52. The minimum atomic E-state index is -3.53. The fourth-order valence-electron chi connectivity index (χ4n) is 4.28. The first-order valence-corrected chi connectivity index (χ1v) is 11.9. The number of likely N-dealkylation sites (tertiary alicyclic amines) is 1. The lowest BCUT2D eigenvalue weighted by Gasteiger charge is -2.21. The van der Waals surface area contributed by atoms with Gasteiger partial charge in [0.25, 0.3) is 0 Å². The number of carbonyl (C=O) groups excluding carboxylic acids is 1. The van der Waals surface area contributed by atoms with Gasteiger partial charge in [-0.05, 0) is 35.6 Å². The van der Waals surface area contributed by atoms with E-state index in [1.165, 1.54) is 23.1 Å². The van der Waals surface area contributed by atoms with Gasteiger partial charge in [-0.15, -0.1) is 0 Å². The highest BCUT2D eigenvalue weighted by molar-refractivity contribution is 7.88. The SMILES string of the molecule is CS(=O)(=O)NC[C@@]1(F)CCN(C(=O)[C@@H]2C[C@H]2c2ccccc2-c2c(F)cccc2F)C1. The molecule has 5 nitrogen and oxygen atoms in total. The quantitative estimate of drug-likeness (QED) is 0.732. The molecule has 1 saturated heterocycles. The van der Waals surface area contributed by atoms with E-state index in [1.54, 1.807) is 24.3 Å². The summed E-state index contributed by atoms with van der Waals surface area (Å²) >= 11 is 0. The number of hydrogen-bond acceptors (Lipinski definition) is 3. The first kappa shape index (κ1) is 21.8. The minimum Gasteiger partial charge on any atom is -0.339 e. The molecular weight excluding hydrogens is 429 g/mol. The molecule has 1 heterocycles. The summed E-state index contributed by atoms with van der Waals surface area (Å²) < 4.78 is 68.3. The summed E-state index contributed by atoms with van der Waals surface area (Å²) in [6, 6.07) is 10.5. The van der Waals surface area contributed by atoms with Crippen LogP contribution >= 0.6 is 0 Å². The van der Waals surface area contributed by atoms with Gasteiger partial charge in [0, 0.05) is 25.4 Å². The van der Waals surface area contributed by atoms with E-state index in [2.05, 4.69) is 4.72 Å². The van der Waals surface area contributed by atoms with Gasteiger partial charge in [-0.1, -0.05) is 30.3 Å². The second kappa shape index (κ2) is 7.94. The van der Waals surface area contributed by atoms with Crippen LogP contribution in [0.2, 0.25) is 0 Å². The van der Waals surface area contributed by atoms with Gasteiger partial charge in [0.05, 0.1) is 18.4 Å². The Labute approximate surface area is 179 Å². The molecule has 0 radical (unpaired) electrons. The number of carbonyl (C=O) groups is 1. The van der Waals surface area contributed by atoms with Crippen LogP contribution < -0.4 is 4.72 Å².